The van der Waals surface area contributed by atoms with Crippen LogP contribution in [-0.4, -0.2) is 26.2 Å². The van der Waals surface area contributed by atoms with E-state index in [-0.39, 0.29) is 12.2 Å². The minimum absolute atomic E-state index is 0.182. The fourth-order valence-electron chi connectivity index (χ4n) is 3.64. The van der Waals surface area contributed by atoms with Gasteiger partial charge in [-0.25, -0.2) is 4.79 Å². The van der Waals surface area contributed by atoms with Gasteiger partial charge in [0.05, 0.1) is 5.69 Å². The van der Waals surface area contributed by atoms with Gasteiger partial charge in [-0.05, 0) is 30.4 Å². The molecule has 0 heterocycles. The van der Waals surface area contributed by atoms with Crippen LogP contribution in [-0.2, 0) is 15.6 Å². The van der Waals surface area contributed by atoms with Gasteiger partial charge in [-0.1, -0.05) is 103 Å². The first-order valence-electron chi connectivity index (χ1n) is 11.6. The van der Waals surface area contributed by atoms with Crippen molar-refractivity contribution in [2.75, 3.05) is 10.8 Å². The maximum Gasteiger partial charge on any atom is 0.426 e. The SMILES string of the molecule is CCCCCCCCCCCCNS(=O)(=O)N(C(=O)O)c1ccc(C)cc1C(C)(C)C. The molecular formula is C24H42N2O4S. The number of hydrogen-bond acceptors (Lipinski definition) is 3. The lowest BCUT2D eigenvalue weighted by molar-refractivity contribution is 0.206. The van der Waals surface area contributed by atoms with E-state index >= 15 is 0 Å². The molecule has 2 N–H and O–H groups in total. The van der Waals surface area contributed by atoms with Crippen molar-refractivity contribution in [3.63, 3.8) is 0 Å². The van der Waals surface area contributed by atoms with Crippen LogP contribution in [0.15, 0.2) is 18.2 Å². The van der Waals surface area contributed by atoms with Gasteiger partial charge in [0.1, 0.15) is 0 Å². The lowest BCUT2D eigenvalue weighted by Crippen LogP contribution is -2.45. The molecule has 0 aliphatic heterocycles. The van der Waals surface area contributed by atoms with E-state index in [2.05, 4.69) is 11.6 Å². The number of rotatable bonds is 14. The zero-order valence-corrected chi connectivity index (χ0v) is 20.9. The molecule has 0 radical (unpaired) electrons. The van der Waals surface area contributed by atoms with Gasteiger partial charge in [0.15, 0.2) is 0 Å². The molecule has 7 heteroatoms. The highest BCUT2D eigenvalue weighted by Crippen LogP contribution is 2.34. The van der Waals surface area contributed by atoms with Crippen LogP contribution in [0, 0.1) is 6.92 Å². The van der Waals surface area contributed by atoms with Gasteiger partial charge in [0, 0.05) is 6.54 Å². The molecule has 1 amide bonds. The largest absolute Gasteiger partial charge is 0.464 e. The van der Waals surface area contributed by atoms with E-state index in [1.807, 2.05) is 33.8 Å². The number of carbonyl (C=O) groups is 1. The lowest BCUT2D eigenvalue weighted by Gasteiger charge is -2.28. The van der Waals surface area contributed by atoms with E-state index < -0.39 is 21.7 Å². The fraction of sp³-hybridized carbons (Fsp3) is 0.708. The molecule has 0 aromatic heterocycles. The van der Waals surface area contributed by atoms with Gasteiger partial charge in [-0.15, -0.1) is 0 Å². The summed E-state index contributed by atoms with van der Waals surface area (Å²) in [4.78, 5) is 11.9. The van der Waals surface area contributed by atoms with Crippen LogP contribution in [0.5, 0.6) is 0 Å². The van der Waals surface area contributed by atoms with Gasteiger partial charge < -0.3 is 5.11 Å². The fourth-order valence-corrected chi connectivity index (χ4v) is 4.80. The molecule has 1 aromatic rings. The van der Waals surface area contributed by atoms with E-state index in [0.29, 0.717) is 16.3 Å². The average molecular weight is 455 g/mol. The molecule has 6 nitrogen and oxygen atoms in total. The molecule has 1 aromatic carbocycles. The molecule has 31 heavy (non-hydrogen) atoms. The van der Waals surface area contributed by atoms with E-state index in [0.717, 1.165) is 18.4 Å². The standard InChI is InChI=1S/C24H42N2O4S/c1-6-7-8-9-10-11-12-13-14-15-18-25-31(29,30)26(23(27)28)22-17-16-20(2)19-21(22)24(3,4)5/h16-17,19,25H,6-15,18H2,1-5H3,(H,27,28). The maximum absolute atomic E-state index is 12.8. The zero-order valence-electron chi connectivity index (χ0n) is 20.0. The molecule has 178 valence electrons. The third kappa shape index (κ3) is 9.60. The normalized spacial score (nSPS) is 12.2. The van der Waals surface area contributed by atoms with Crippen molar-refractivity contribution in [1.82, 2.24) is 4.72 Å². The molecule has 0 saturated carbocycles. The van der Waals surface area contributed by atoms with Crippen molar-refractivity contribution in [3.05, 3.63) is 29.3 Å². The quantitative estimate of drug-likeness (QED) is 0.313. The summed E-state index contributed by atoms with van der Waals surface area (Å²) in [5, 5.41) is 9.71. The molecule has 0 saturated heterocycles. The van der Waals surface area contributed by atoms with Crippen LogP contribution >= 0.6 is 0 Å². The van der Waals surface area contributed by atoms with Gasteiger partial charge in [-0.2, -0.15) is 17.4 Å². The van der Waals surface area contributed by atoms with E-state index in [4.69, 9.17) is 0 Å². The molecular weight excluding hydrogens is 412 g/mol. The number of unbranched alkanes of at least 4 members (excludes halogenated alkanes) is 9. The Morgan fingerprint density at radius 1 is 0.968 bits per heavy atom. The highest BCUT2D eigenvalue weighted by molar-refractivity contribution is 7.91. The number of aryl methyl sites for hydroxylation is 1. The summed E-state index contributed by atoms with van der Waals surface area (Å²) in [5.41, 5.74) is 1.41. The predicted octanol–water partition coefficient (Wildman–Crippen LogP) is 6.53. The van der Waals surface area contributed by atoms with Crippen LogP contribution < -0.4 is 9.03 Å². The van der Waals surface area contributed by atoms with Gasteiger partial charge in [0.25, 0.3) is 0 Å². The van der Waals surface area contributed by atoms with E-state index in [1.54, 1.807) is 12.1 Å². The second-order valence-corrected chi connectivity index (χ2v) is 11.0. The Bertz CT molecular complexity index is 785. The minimum Gasteiger partial charge on any atom is -0.464 e. The summed E-state index contributed by atoms with van der Waals surface area (Å²) < 4.78 is 28.6. The Kier molecular flexibility index (Phi) is 11.6. The minimum atomic E-state index is -4.20. The second-order valence-electron chi connectivity index (χ2n) is 9.40. The molecule has 0 aliphatic rings. The Balaban J connectivity index is 2.62. The number of benzene rings is 1. The molecule has 0 fully saturated rings. The predicted molar refractivity (Wildman–Crippen MR) is 129 cm³/mol. The third-order valence-electron chi connectivity index (χ3n) is 5.41. The van der Waals surface area contributed by atoms with Gasteiger partial charge in [0.2, 0.25) is 0 Å². The smallest absolute Gasteiger partial charge is 0.426 e. The maximum atomic E-state index is 12.8. The van der Waals surface area contributed by atoms with Crippen molar-refractivity contribution < 1.29 is 18.3 Å². The van der Waals surface area contributed by atoms with Gasteiger partial charge >= 0.3 is 16.3 Å². The topological polar surface area (TPSA) is 86.7 Å². The first-order valence-corrected chi connectivity index (χ1v) is 13.1. The average Bonchev–Trinajstić information content (AvgIpc) is 2.66. The zero-order chi connectivity index (χ0) is 23.5. The molecule has 0 aliphatic carbocycles. The Labute approximate surface area is 189 Å². The van der Waals surface area contributed by atoms with Crippen molar-refractivity contribution >= 4 is 22.0 Å². The van der Waals surface area contributed by atoms with E-state index in [1.165, 1.54) is 44.9 Å². The summed E-state index contributed by atoms with van der Waals surface area (Å²) in [5.74, 6) is 0. The van der Waals surface area contributed by atoms with Crippen LogP contribution in [0.3, 0.4) is 0 Å². The second kappa shape index (κ2) is 13.1. The number of nitrogens with one attached hydrogen (secondary N) is 1. The van der Waals surface area contributed by atoms with Gasteiger partial charge in [-0.3, -0.25) is 0 Å². The molecule has 0 bridgehead atoms. The van der Waals surface area contributed by atoms with Crippen LogP contribution in [0.2, 0.25) is 0 Å². The summed E-state index contributed by atoms with van der Waals surface area (Å²) in [6.45, 7) is 10.2. The first kappa shape index (κ1) is 27.4. The third-order valence-corrected chi connectivity index (χ3v) is 6.81. The summed E-state index contributed by atoms with van der Waals surface area (Å²) in [6, 6.07) is 5.16. The van der Waals surface area contributed by atoms with E-state index in [9.17, 15) is 18.3 Å². The van der Waals surface area contributed by atoms with Crippen LogP contribution in [0.4, 0.5) is 10.5 Å². The number of nitrogens with zero attached hydrogens (tertiary/aromatic N) is 1. The van der Waals surface area contributed by atoms with Crippen molar-refractivity contribution in [2.45, 2.75) is 104 Å². The Hall–Kier alpha value is -1.60. The lowest BCUT2D eigenvalue weighted by atomic mass is 9.85. The first-order chi connectivity index (χ1) is 14.5. The summed E-state index contributed by atoms with van der Waals surface area (Å²) in [6.07, 6.45) is 10.0. The molecule has 0 spiro atoms. The summed E-state index contributed by atoms with van der Waals surface area (Å²) >= 11 is 0. The molecule has 0 atom stereocenters. The number of hydrogen-bond donors (Lipinski definition) is 2. The number of carboxylic acid groups (broad SMARTS) is 1. The Morgan fingerprint density at radius 2 is 1.48 bits per heavy atom. The summed E-state index contributed by atoms with van der Waals surface area (Å²) in [7, 11) is -4.20. The highest BCUT2D eigenvalue weighted by Gasteiger charge is 2.33. The highest BCUT2D eigenvalue weighted by atomic mass is 32.2. The number of anilines is 1. The van der Waals surface area contributed by atoms with Crippen LogP contribution in [0.25, 0.3) is 0 Å². The number of amides is 1. The van der Waals surface area contributed by atoms with Crippen molar-refractivity contribution in [2.24, 2.45) is 0 Å². The molecule has 0 unspecified atom stereocenters. The van der Waals surface area contributed by atoms with Crippen LogP contribution in [0.1, 0.15) is 103 Å². The Morgan fingerprint density at radius 3 is 1.97 bits per heavy atom. The van der Waals surface area contributed by atoms with Crippen molar-refractivity contribution in [1.29, 1.82) is 0 Å². The van der Waals surface area contributed by atoms with Crippen molar-refractivity contribution in [3.8, 4) is 0 Å². The monoisotopic (exact) mass is 454 g/mol. The molecule has 1 rings (SSSR count).